The molecule has 0 spiro atoms. The Morgan fingerprint density at radius 2 is 2.10 bits per heavy atom. The second-order valence-corrected chi connectivity index (χ2v) is 5.43. The Labute approximate surface area is 125 Å². The molecule has 1 fully saturated rings. The van der Waals surface area contributed by atoms with Crippen LogP contribution in [0.15, 0.2) is 18.2 Å². The first-order valence-electron chi connectivity index (χ1n) is 6.27. The molecule has 0 radical (unpaired) electrons. The van der Waals surface area contributed by atoms with Gasteiger partial charge in [-0.05, 0) is 6.07 Å². The van der Waals surface area contributed by atoms with E-state index < -0.39 is 16.8 Å². The summed E-state index contributed by atoms with van der Waals surface area (Å²) in [6.07, 6.45) is 0. The summed E-state index contributed by atoms with van der Waals surface area (Å²) in [7, 11) is 0. The van der Waals surface area contributed by atoms with E-state index in [1.54, 1.807) is 6.92 Å². The average molecular weight is 313 g/mol. The molecule has 1 unspecified atom stereocenters. The molecule has 1 aromatic carbocycles. The lowest BCUT2D eigenvalue weighted by Gasteiger charge is -2.41. The van der Waals surface area contributed by atoms with Crippen LogP contribution in [-0.2, 0) is 4.79 Å². The summed E-state index contributed by atoms with van der Waals surface area (Å²) in [5.41, 5.74) is 0.00114. The van der Waals surface area contributed by atoms with Gasteiger partial charge in [-0.25, -0.2) is 0 Å². The lowest BCUT2D eigenvalue weighted by Crippen LogP contribution is -2.53. The van der Waals surface area contributed by atoms with Crippen molar-refractivity contribution in [1.29, 1.82) is 0 Å². The zero-order valence-electron chi connectivity index (χ0n) is 11.2. The SMILES string of the molecule is CC(C(=O)O)C1CN(C(=O)c2ccc([N+](=O)[O-])cc2Cl)C1. The van der Waals surface area contributed by atoms with Crippen LogP contribution in [0, 0.1) is 22.0 Å². The lowest BCUT2D eigenvalue weighted by molar-refractivity contribution is -0.384. The third kappa shape index (κ3) is 2.97. The molecule has 7 nitrogen and oxygen atoms in total. The molecule has 1 amide bonds. The molecule has 1 aromatic rings. The molecule has 0 aromatic heterocycles. The minimum absolute atomic E-state index is 0.0175. The maximum atomic E-state index is 12.2. The molecule has 0 aliphatic carbocycles. The number of aliphatic carboxylic acids is 1. The molecule has 1 atom stereocenters. The van der Waals surface area contributed by atoms with Gasteiger partial charge in [-0.1, -0.05) is 18.5 Å². The number of carboxylic acid groups (broad SMARTS) is 1. The molecule has 21 heavy (non-hydrogen) atoms. The zero-order valence-corrected chi connectivity index (χ0v) is 11.9. The summed E-state index contributed by atoms with van der Waals surface area (Å²) in [6, 6.07) is 3.67. The highest BCUT2D eigenvalue weighted by Crippen LogP contribution is 2.29. The first-order chi connectivity index (χ1) is 9.81. The molecule has 1 saturated heterocycles. The first-order valence-corrected chi connectivity index (χ1v) is 6.65. The number of hydrogen-bond donors (Lipinski definition) is 1. The number of nitrogens with zero attached hydrogens (tertiary/aromatic N) is 2. The number of benzene rings is 1. The van der Waals surface area contributed by atoms with E-state index in [2.05, 4.69) is 0 Å². The van der Waals surface area contributed by atoms with Crippen LogP contribution in [0.4, 0.5) is 5.69 Å². The van der Waals surface area contributed by atoms with E-state index in [0.717, 1.165) is 6.07 Å². The number of halogens is 1. The standard InChI is InChI=1S/C13H13ClN2O5/c1-7(13(18)19)8-5-15(6-8)12(17)10-3-2-9(16(20)21)4-11(10)14/h2-4,7-8H,5-6H2,1H3,(H,18,19). The van der Waals surface area contributed by atoms with Crippen molar-refractivity contribution >= 4 is 29.2 Å². The van der Waals surface area contributed by atoms with Gasteiger partial charge >= 0.3 is 5.97 Å². The smallest absolute Gasteiger partial charge is 0.306 e. The predicted molar refractivity (Wildman–Crippen MR) is 74.3 cm³/mol. The Kier molecular flexibility index (Phi) is 4.13. The Balaban J connectivity index is 2.06. The number of nitro benzene ring substituents is 1. The first kappa shape index (κ1) is 15.2. The monoisotopic (exact) mass is 312 g/mol. The fourth-order valence-electron chi connectivity index (χ4n) is 2.16. The Bertz CT molecular complexity index is 613. The topological polar surface area (TPSA) is 101 Å². The van der Waals surface area contributed by atoms with Crippen LogP contribution in [0.5, 0.6) is 0 Å². The quantitative estimate of drug-likeness (QED) is 0.677. The molecular formula is C13H13ClN2O5. The number of hydrogen-bond acceptors (Lipinski definition) is 4. The van der Waals surface area contributed by atoms with Crippen molar-refractivity contribution < 1.29 is 19.6 Å². The number of rotatable bonds is 4. The highest BCUT2D eigenvalue weighted by molar-refractivity contribution is 6.34. The average Bonchev–Trinajstić information content (AvgIpc) is 2.36. The van der Waals surface area contributed by atoms with Crippen LogP contribution < -0.4 is 0 Å². The van der Waals surface area contributed by atoms with E-state index in [4.69, 9.17) is 16.7 Å². The van der Waals surface area contributed by atoms with Crippen LogP contribution >= 0.6 is 11.6 Å². The van der Waals surface area contributed by atoms with Crippen molar-refractivity contribution in [3.63, 3.8) is 0 Å². The fraction of sp³-hybridized carbons (Fsp3) is 0.385. The molecule has 1 aliphatic rings. The van der Waals surface area contributed by atoms with Crippen LogP contribution in [-0.4, -0.2) is 39.9 Å². The molecule has 1 heterocycles. The van der Waals surface area contributed by atoms with E-state index >= 15 is 0 Å². The van der Waals surface area contributed by atoms with Crippen molar-refractivity contribution in [1.82, 2.24) is 4.90 Å². The lowest BCUT2D eigenvalue weighted by atomic mass is 9.86. The highest BCUT2D eigenvalue weighted by Gasteiger charge is 2.38. The third-order valence-corrected chi connectivity index (χ3v) is 4.00. The van der Waals surface area contributed by atoms with E-state index in [1.165, 1.54) is 17.0 Å². The van der Waals surface area contributed by atoms with Crippen LogP contribution in [0.1, 0.15) is 17.3 Å². The number of nitro groups is 1. The van der Waals surface area contributed by atoms with Gasteiger partial charge in [0, 0.05) is 31.1 Å². The van der Waals surface area contributed by atoms with Gasteiger partial charge in [0.25, 0.3) is 11.6 Å². The summed E-state index contributed by atoms with van der Waals surface area (Å²) in [5, 5.41) is 19.5. The maximum Gasteiger partial charge on any atom is 0.306 e. The summed E-state index contributed by atoms with van der Waals surface area (Å²) in [4.78, 5) is 34.5. The van der Waals surface area contributed by atoms with Gasteiger partial charge in [-0.3, -0.25) is 19.7 Å². The van der Waals surface area contributed by atoms with Crippen molar-refractivity contribution in [2.24, 2.45) is 11.8 Å². The van der Waals surface area contributed by atoms with Crippen LogP contribution in [0.3, 0.4) is 0 Å². The molecule has 1 aliphatic heterocycles. The van der Waals surface area contributed by atoms with Crippen molar-refractivity contribution in [3.8, 4) is 0 Å². The van der Waals surface area contributed by atoms with Gasteiger partial charge in [-0.2, -0.15) is 0 Å². The Morgan fingerprint density at radius 3 is 2.57 bits per heavy atom. The maximum absolute atomic E-state index is 12.2. The minimum atomic E-state index is -0.888. The molecule has 0 saturated carbocycles. The van der Waals surface area contributed by atoms with Gasteiger partial charge in [0.15, 0.2) is 0 Å². The number of carboxylic acids is 1. The van der Waals surface area contributed by atoms with Gasteiger partial charge in [0.05, 0.1) is 21.4 Å². The van der Waals surface area contributed by atoms with Crippen molar-refractivity contribution in [2.75, 3.05) is 13.1 Å². The zero-order chi connectivity index (χ0) is 15.7. The summed E-state index contributed by atoms with van der Waals surface area (Å²) < 4.78 is 0. The van der Waals surface area contributed by atoms with Crippen molar-refractivity contribution in [2.45, 2.75) is 6.92 Å². The van der Waals surface area contributed by atoms with Crippen LogP contribution in [0.2, 0.25) is 5.02 Å². The molecule has 112 valence electrons. The largest absolute Gasteiger partial charge is 0.481 e. The van der Waals surface area contributed by atoms with Gasteiger partial charge in [0.2, 0.25) is 0 Å². The number of amides is 1. The van der Waals surface area contributed by atoms with E-state index in [9.17, 15) is 19.7 Å². The van der Waals surface area contributed by atoms with Gasteiger partial charge in [0.1, 0.15) is 0 Å². The molecule has 8 heteroatoms. The Morgan fingerprint density at radius 1 is 1.48 bits per heavy atom. The van der Waals surface area contributed by atoms with Crippen molar-refractivity contribution in [3.05, 3.63) is 38.9 Å². The number of likely N-dealkylation sites (tertiary alicyclic amines) is 1. The second-order valence-electron chi connectivity index (χ2n) is 5.02. The number of non-ortho nitro benzene ring substituents is 1. The number of carbonyl (C=O) groups is 2. The summed E-state index contributed by atoms with van der Waals surface area (Å²) >= 11 is 5.90. The highest BCUT2D eigenvalue weighted by atomic mass is 35.5. The molecule has 2 rings (SSSR count). The number of carbonyl (C=O) groups excluding carboxylic acids is 1. The van der Waals surface area contributed by atoms with E-state index in [1.807, 2.05) is 0 Å². The third-order valence-electron chi connectivity index (χ3n) is 3.69. The molecule has 0 bridgehead atoms. The van der Waals surface area contributed by atoms with Gasteiger partial charge < -0.3 is 10.0 Å². The van der Waals surface area contributed by atoms with E-state index in [-0.39, 0.29) is 28.1 Å². The second kappa shape index (κ2) is 5.69. The normalized spacial score (nSPS) is 16.2. The predicted octanol–water partition coefficient (Wildman–Crippen LogP) is 2.04. The molecule has 1 N–H and O–H groups in total. The van der Waals surface area contributed by atoms with Crippen LogP contribution in [0.25, 0.3) is 0 Å². The summed E-state index contributed by atoms with van der Waals surface area (Å²) in [5.74, 6) is -1.83. The minimum Gasteiger partial charge on any atom is -0.481 e. The van der Waals surface area contributed by atoms with E-state index in [0.29, 0.717) is 13.1 Å². The summed E-state index contributed by atoms with van der Waals surface area (Å²) in [6.45, 7) is 2.30. The molecular weight excluding hydrogens is 300 g/mol. The fourth-order valence-corrected chi connectivity index (χ4v) is 2.41. The van der Waals surface area contributed by atoms with Gasteiger partial charge in [-0.15, -0.1) is 0 Å². The Hall–Kier alpha value is -2.15.